The molecule has 2 aliphatic rings. The first-order valence-corrected chi connectivity index (χ1v) is 8.49. The van der Waals surface area contributed by atoms with Crippen molar-refractivity contribution in [1.82, 2.24) is 4.98 Å². The lowest BCUT2D eigenvalue weighted by molar-refractivity contribution is 0.262. The minimum atomic E-state index is -0.722. The van der Waals surface area contributed by atoms with Crippen molar-refractivity contribution >= 4 is 6.02 Å². The molecule has 5 nitrogen and oxygen atoms in total. The molecule has 0 unspecified atom stereocenters. The number of amidine groups is 1. The maximum Gasteiger partial charge on any atom is 0.283 e. The number of hydrogen-bond acceptors (Lipinski definition) is 5. The van der Waals surface area contributed by atoms with Crippen LogP contribution in [0.5, 0.6) is 11.6 Å². The standard InChI is InChI=1S/C21H17N3O2/c1-13-5-2-3-6-15(13)14-8-9-18-17(11-14)21(12-25-20(22)24-21)16-7-4-10-23-19(16)26-18/h2-11H,12H2,1H3,(H2,22,24)/t21-/m0/s1. The van der Waals surface area contributed by atoms with Crippen molar-refractivity contribution in [2.24, 2.45) is 10.7 Å². The van der Waals surface area contributed by atoms with Gasteiger partial charge in [0, 0.05) is 11.8 Å². The molecule has 0 bridgehead atoms. The van der Waals surface area contributed by atoms with E-state index in [0.29, 0.717) is 12.5 Å². The van der Waals surface area contributed by atoms with E-state index in [-0.39, 0.29) is 6.02 Å². The molecule has 3 heterocycles. The minimum absolute atomic E-state index is 0.189. The van der Waals surface area contributed by atoms with Crippen LogP contribution >= 0.6 is 0 Å². The van der Waals surface area contributed by atoms with Crippen LogP contribution in [0.1, 0.15) is 16.7 Å². The first-order chi connectivity index (χ1) is 12.7. The van der Waals surface area contributed by atoms with Crippen LogP contribution in [0.4, 0.5) is 0 Å². The van der Waals surface area contributed by atoms with Crippen molar-refractivity contribution in [2.45, 2.75) is 12.5 Å². The van der Waals surface area contributed by atoms with Gasteiger partial charge in [-0.2, -0.15) is 0 Å². The third-order valence-electron chi connectivity index (χ3n) is 5.03. The summed E-state index contributed by atoms with van der Waals surface area (Å²) in [6, 6.07) is 18.5. The molecule has 1 aromatic heterocycles. The fraction of sp³-hybridized carbons (Fsp3) is 0.143. The second kappa shape index (κ2) is 5.33. The first kappa shape index (κ1) is 15.0. The predicted octanol–water partition coefficient (Wildman–Crippen LogP) is 3.75. The minimum Gasteiger partial charge on any atom is -0.462 e. The Bertz CT molecular complexity index is 1060. The molecule has 2 N–H and O–H groups in total. The van der Waals surface area contributed by atoms with Crippen LogP contribution in [0, 0.1) is 6.92 Å². The second-order valence-corrected chi connectivity index (χ2v) is 6.58. The lowest BCUT2D eigenvalue weighted by atomic mass is 9.81. The monoisotopic (exact) mass is 343 g/mol. The number of fused-ring (bicyclic) bond motifs is 4. The van der Waals surface area contributed by atoms with Crippen molar-refractivity contribution in [3.05, 3.63) is 77.5 Å². The summed E-state index contributed by atoms with van der Waals surface area (Å²) in [4.78, 5) is 9.04. The molecule has 0 saturated carbocycles. The van der Waals surface area contributed by atoms with Crippen molar-refractivity contribution < 1.29 is 9.47 Å². The fourth-order valence-corrected chi connectivity index (χ4v) is 3.75. The Morgan fingerprint density at radius 3 is 2.73 bits per heavy atom. The van der Waals surface area contributed by atoms with Gasteiger partial charge in [0.25, 0.3) is 6.02 Å². The number of benzene rings is 2. The summed E-state index contributed by atoms with van der Waals surface area (Å²) in [5.41, 5.74) is 10.5. The van der Waals surface area contributed by atoms with Gasteiger partial charge < -0.3 is 15.2 Å². The number of aromatic nitrogens is 1. The van der Waals surface area contributed by atoms with Gasteiger partial charge >= 0.3 is 0 Å². The van der Waals surface area contributed by atoms with E-state index in [1.165, 1.54) is 11.1 Å². The second-order valence-electron chi connectivity index (χ2n) is 6.58. The van der Waals surface area contributed by atoms with E-state index in [2.05, 4.69) is 41.2 Å². The Hall–Kier alpha value is -3.34. The molecule has 2 aliphatic heterocycles. The number of rotatable bonds is 1. The number of nitrogens with two attached hydrogens (primary N) is 1. The van der Waals surface area contributed by atoms with E-state index in [0.717, 1.165) is 22.4 Å². The highest BCUT2D eigenvalue weighted by Crippen LogP contribution is 2.50. The summed E-state index contributed by atoms with van der Waals surface area (Å²) in [7, 11) is 0. The molecule has 0 aliphatic carbocycles. The van der Waals surface area contributed by atoms with Gasteiger partial charge in [-0.05, 0) is 47.9 Å². The van der Waals surface area contributed by atoms with Crippen LogP contribution in [-0.4, -0.2) is 17.6 Å². The average molecular weight is 343 g/mol. The van der Waals surface area contributed by atoms with Crippen molar-refractivity contribution in [1.29, 1.82) is 0 Å². The van der Waals surface area contributed by atoms with Gasteiger partial charge in [0.1, 0.15) is 12.4 Å². The third-order valence-corrected chi connectivity index (χ3v) is 5.03. The predicted molar refractivity (Wildman–Crippen MR) is 99.3 cm³/mol. The molecule has 0 amide bonds. The highest BCUT2D eigenvalue weighted by atomic mass is 16.5. The topological polar surface area (TPSA) is 69.7 Å². The highest BCUT2D eigenvalue weighted by molar-refractivity contribution is 5.78. The van der Waals surface area contributed by atoms with Crippen LogP contribution < -0.4 is 10.5 Å². The first-order valence-electron chi connectivity index (χ1n) is 8.49. The molecule has 5 heteroatoms. The Balaban J connectivity index is 1.76. The largest absolute Gasteiger partial charge is 0.462 e. The number of ether oxygens (including phenoxy) is 2. The molecule has 26 heavy (non-hydrogen) atoms. The summed E-state index contributed by atoms with van der Waals surface area (Å²) in [5, 5.41) is 0. The summed E-state index contributed by atoms with van der Waals surface area (Å²) in [6.07, 6.45) is 1.71. The number of nitrogens with zero attached hydrogens (tertiary/aromatic N) is 2. The van der Waals surface area contributed by atoms with Gasteiger partial charge in [-0.25, -0.2) is 9.98 Å². The van der Waals surface area contributed by atoms with Crippen LogP contribution in [0.15, 0.2) is 65.8 Å². The third kappa shape index (κ3) is 2.03. The molecular weight excluding hydrogens is 326 g/mol. The Kier molecular flexibility index (Phi) is 3.06. The molecule has 1 atom stereocenters. The summed E-state index contributed by atoms with van der Waals surface area (Å²) < 4.78 is 11.6. The Labute approximate surface area is 151 Å². The SMILES string of the molecule is Cc1ccccc1-c1ccc2c(c1)[C@]1(COC(N)=N1)c1cccnc1O2. The van der Waals surface area contributed by atoms with E-state index in [1.54, 1.807) is 6.20 Å². The number of aryl methyl sites for hydroxylation is 1. The quantitative estimate of drug-likeness (QED) is 0.730. The van der Waals surface area contributed by atoms with Crippen molar-refractivity contribution in [2.75, 3.05) is 6.61 Å². The molecular formula is C21H17N3O2. The van der Waals surface area contributed by atoms with Crippen molar-refractivity contribution in [3.8, 4) is 22.8 Å². The molecule has 5 rings (SSSR count). The molecule has 0 radical (unpaired) electrons. The molecule has 3 aromatic rings. The van der Waals surface area contributed by atoms with E-state index in [9.17, 15) is 0 Å². The molecule has 0 saturated heterocycles. The summed E-state index contributed by atoms with van der Waals surface area (Å²) in [5.74, 6) is 1.28. The molecule has 1 spiro atoms. The summed E-state index contributed by atoms with van der Waals surface area (Å²) >= 11 is 0. The van der Waals surface area contributed by atoms with Gasteiger partial charge in [0.05, 0.1) is 5.56 Å². The zero-order valence-corrected chi connectivity index (χ0v) is 14.3. The van der Waals surface area contributed by atoms with Crippen LogP contribution in [0.25, 0.3) is 11.1 Å². The Morgan fingerprint density at radius 2 is 1.92 bits per heavy atom. The highest BCUT2D eigenvalue weighted by Gasteiger charge is 2.47. The Morgan fingerprint density at radius 1 is 1.04 bits per heavy atom. The zero-order valence-electron chi connectivity index (χ0n) is 14.3. The lowest BCUT2D eigenvalue weighted by Gasteiger charge is -2.32. The van der Waals surface area contributed by atoms with Gasteiger partial charge in [-0.3, -0.25) is 0 Å². The fourth-order valence-electron chi connectivity index (χ4n) is 3.75. The van der Waals surface area contributed by atoms with Gasteiger partial charge in [-0.15, -0.1) is 0 Å². The van der Waals surface area contributed by atoms with E-state index < -0.39 is 5.54 Å². The maximum absolute atomic E-state index is 6.04. The van der Waals surface area contributed by atoms with Crippen LogP contribution in [0.3, 0.4) is 0 Å². The number of aliphatic imine (C=N–C) groups is 1. The van der Waals surface area contributed by atoms with E-state index >= 15 is 0 Å². The van der Waals surface area contributed by atoms with E-state index in [4.69, 9.17) is 15.2 Å². The zero-order chi connectivity index (χ0) is 17.7. The van der Waals surface area contributed by atoms with Crippen LogP contribution in [0.2, 0.25) is 0 Å². The van der Waals surface area contributed by atoms with Crippen LogP contribution in [-0.2, 0) is 10.3 Å². The van der Waals surface area contributed by atoms with Gasteiger partial charge in [0.2, 0.25) is 5.88 Å². The number of pyridine rings is 1. The number of hydrogen-bond donors (Lipinski definition) is 1. The van der Waals surface area contributed by atoms with E-state index in [1.807, 2.05) is 30.3 Å². The molecule has 2 aromatic carbocycles. The molecule has 0 fully saturated rings. The normalized spacial score (nSPS) is 20.0. The van der Waals surface area contributed by atoms with Gasteiger partial charge in [0.15, 0.2) is 5.54 Å². The lowest BCUT2D eigenvalue weighted by Crippen LogP contribution is -2.31. The summed E-state index contributed by atoms with van der Waals surface area (Å²) in [6.45, 7) is 2.44. The smallest absolute Gasteiger partial charge is 0.283 e. The molecule has 128 valence electrons. The average Bonchev–Trinajstić information content (AvgIpc) is 3.05. The maximum atomic E-state index is 6.04. The van der Waals surface area contributed by atoms with Crippen molar-refractivity contribution in [3.63, 3.8) is 0 Å². The van der Waals surface area contributed by atoms with Gasteiger partial charge in [-0.1, -0.05) is 30.3 Å².